The first-order chi connectivity index (χ1) is 8.29. The minimum absolute atomic E-state index is 0.0988. The first-order valence-corrected chi connectivity index (χ1v) is 6.53. The smallest absolute Gasteiger partial charge is 0.0527 e. The molecule has 1 aromatic rings. The maximum Gasteiger partial charge on any atom is 0.0527 e. The van der Waals surface area contributed by atoms with E-state index in [1.807, 2.05) is 25.1 Å². The summed E-state index contributed by atoms with van der Waals surface area (Å²) in [4.78, 5) is 0. The van der Waals surface area contributed by atoms with E-state index in [4.69, 9.17) is 4.74 Å². The van der Waals surface area contributed by atoms with Gasteiger partial charge in [-0.05, 0) is 31.7 Å². The van der Waals surface area contributed by atoms with Crippen molar-refractivity contribution in [3.05, 3.63) is 35.9 Å². The van der Waals surface area contributed by atoms with Crippen molar-refractivity contribution < 1.29 is 9.84 Å². The van der Waals surface area contributed by atoms with Crippen LogP contribution in [0.3, 0.4) is 0 Å². The van der Waals surface area contributed by atoms with Crippen molar-refractivity contribution in [2.24, 2.45) is 0 Å². The molecule has 17 heavy (non-hydrogen) atoms. The Hall–Kier alpha value is -0.860. The number of hydrogen-bond acceptors (Lipinski definition) is 2. The maximum atomic E-state index is 9.75. The van der Waals surface area contributed by atoms with Gasteiger partial charge in [-0.15, -0.1) is 0 Å². The van der Waals surface area contributed by atoms with Gasteiger partial charge in [-0.1, -0.05) is 37.3 Å². The molecule has 0 spiro atoms. The van der Waals surface area contributed by atoms with Crippen LogP contribution in [0.25, 0.3) is 0 Å². The van der Waals surface area contributed by atoms with E-state index in [0.29, 0.717) is 0 Å². The Labute approximate surface area is 105 Å². The van der Waals surface area contributed by atoms with Gasteiger partial charge in [0.1, 0.15) is 0 Å². The van der Waals surface area contributed by atoms with Crippen molar-refractivity contribution in [2.45, 2.75) is 38.5 Å². The van der Waals surface area contributed by atoms with Crippen LogP contribution in [-0.2, 0) is 10.2 Å². The topological polar surface area (TPSA) is 29.5 Å². The van der Waals surface area contributed by atoms with Gasteiger partial charge >= 0.3 is 0 Å². The Balaban J connectivity index is 2.68. The lowest BCUT2D eigenvalue weighted by Crippen LogP contribution is -2.30. The maximum absolute atomic E-state index is 9.75. The van der Waals surface area contributed by atoms with E-state index >= 15 is 0 Å². The molecule has 0 radical (unpaired) electrons. The number of aliphatic hydroxyl groups is 1. The summed E-state index contributed by atoms with van der Waals surface area (Å²) in [7, 11) is 0. The Morgan fingerprint density at radius 2 is 1.88 bits per heavy atom. The van der Waals surface area contributed by atoms with Crippen LogP contribution >= 0.6 is 0 Å². The van der Waals surface area contributed by atoms with Crippen LogP contribution in [0.5, 0.6) is 0 Å². The molecule has 0 saturated carbocycles. The first-order valence-electron chi connectivity index (χ1n) is 6.53. The fourth-order valence-corrected chi connectivity index (χ4v) is 2.26. The zero-order chi connectivity index (χ0) is 12.6. The SMILES string of the molecule is CCOCCCC(CC)(CO)c1ccccc1. The van der Waals surface area contributed by atoms with Gasteiger partial charge in [0.05, 0.1) is 6.61 Å². The number of benzene rings is 1. The molecule has 0 aliphatic carbocycles. The zero-order valence-electron chi connectivity index (χ0n) is 11.0. The van der Waals surface area contributed by atoms with E-state index in [0.717, 1.165) is 32.5 Å². The number of hydrogen-bond donors (Lipinski definition) is 1. The Morgan fingerprint density at radius 3 is 2.41 bits per heavy atom. The van der Waals surface area contributed by atoms with E-state index in [1.165, 1.54) is 5.56 Å². The highest BCUT2D eigenvalue weighted by Gasteiger charge is 2.28. The normalized spacial score (nSPS) is 14.5. The molecule has 0 saturated heterocycles. The second kappa shape index (κ2) is 7.46. The molecular formula is C15H24O2. The van der Waals surface area contributed by atoms with Gasteiger partial charge in [0.15, 0.2) is 0 Å². The number of aliphatic hydroxyl groups excluding tert-OH is 1. The fraction of sp³-hybridized carbons (Fsp3) is 0.600. The van der Waals surface area contributed by atoms with E-state index in [2.05, 4.69) is 19.1 Å². The minimum atomic E-state index is -0.0988. The first kappa shape index (κ1) is 14.2. The molecule has 0 bridgehead atoms. The van der Waals surface area contributed by atoms with E-state index in [9.17, 15) is 5.11 Å². The standard InChI is InChI=1S/C15H24O2/c1-3-15(13-16,11-8-12-17-4-2)14-9-6-5-7-10-14/h5-7,9-10,16H,3-4,8,11-13H2,1-2H3. The molecule has 1 atom stereocenters. The van der Waals surface area contributed by atoms with Crippen LogP contribution in [0.15, 0.2) is 30.3 Å². The Kier molecular flexibility index (Phi) is 6.23. The third-order valence-corrected chi connectivity index (χ3v) is 3.51. The summed E-state index contributed by atoms with van der Waals surface area (Å²) in [6.07, 6.45) is 2.93. The average molecular weight is 236 g/mol. The van der Waals surface area contributed by atoms with Crippen LogP contribution in [0.4, 0.5) is 0 Å². The predicted molar refractivity (Wildman–Crippen MR) is 71.2 cm³/mol. The van der Waals surface area contributed by atoms with Crippen molar-refractivity contribution in [3.8, 4) is 0 Å². The minimum Gasteiger partial charge on any atom is -0.395 e. The molecule has 0 aromatic heterocycles. The van der Waals surface area contributed by atoms with Crippen molar-refractivity contribution in [1.82, 2.24) is 0 Å². The molecule has 0 amide bonds. The quantitative estimate of drug-likeness (QED) is 0.703. The van der Waals surface area contributed by atoms with Crippen LogP contribution < -0.4 is 0 Å². The van der Waals surface area contributed by atoms with Gasteiger partial charge in [0.25, 0.3) is 0 Å². The third-order valence-electron chi connectivity index (χ3n) is 3.51. The summed E-state index contributed by atoms with van der Waals surface area (Å²) >= 11 is 0. The highest BCUT2D eigenvalue weighted by Crippen LogP contribution is 2.32. The lowest BCUT2D eigenvalue weighted by molar-refractivity contribution is 0.122. The molecule has 0 aliphatic heterocycles. The monoisotopic (exact) mass is 236 g/mol. The van der Waals surface area contributed by atoms with E-state index in [-0.39, 0.29) is 12.0 Å². The zero-order valence-corrected chi connectivity index (χ0v) is 11.0. The van der Waals surface area contributed by atoms with Gasteiger partial charge < -0.3 is 9.84 Å². The largest absolute Gasteiger partial charge is 0.395 e. The molecule has 0 aliphatic rings. The second-order valence-electron chi connectivity index (χ2n) is 4.46. The Morgan fingerprint density at radius 1 is 1.18 bits per heavy atom. The highest BCUT2D eigenvalue weighted by molar-refractivity contribution is 5.25. The van der Waals surface area contributed by atoms with Crippen molar-refractivity contribution in [1.29, 1.82) is 0 Å². The summed E-state index contributed by atoms with van der Waals surface area (Å²) in [6.45, 7) is 5.91. The molecular weight excluding hydrogens is 212 g/mol. The number of ether oxygens (including phenoxy) is 1. The summed E-state index contributed by atoms with van der Waals surface area (Å²) in [5.41, 5.74) is 1.14. The van der Waals surface area contributed by atoms with Gasteiger partial charge in [-0.3, -0.25) is 0 Å². The average Bonchev–Trinajstić information content (AvgIpc) is 2.41. The van der Waals surface area contributed by atoms with Crippen molar-refractivity contribution in [2.75, 3.05) is 19.8 Å². The fourth-order valence-electron chi connectivity index (χ4n) is 2.26. The summed E-state index contributed by atoms with van der Waals surface area (Å²) < 4.78 is 5.37. The van der Waals surface area contributed by atoms with Gasteiger partial charge in [0, 0.05) is 18.6 Å². The molecule has 2 heteroatoms. The second-order valence-corrected chi connectivity index (χ2v) is 4.46. The lowest BCUT2D eigenvalue weighted by atomic mass is 9.75. The van der Waals surface area contributed by atoms with Crippen molar-refractivity contribution in [3.63, 3.8) is 0 Å². The molecule has 0 fully saturated rings. The van der Waals surface area contributed by atoms with E-state index in [1.54, 1.807) is 0 Å². The molecule has 1 aromatic carbocycles. The van der Waals surface area contributed by atoms with Crippen LogP contribution in [0.2, 0.25) is 0 Å². The summed E-state index contributed by atoms with van der Waals surface area (Å²) in [5.74, 6) is 0. The predicted octanol–water partition coefficient (Wildman–Crippen LogP) is 3.14. The van der Waals surface area contributed by atoms with Gasteiger partial charge in [-0.25, -0.2) is 0 Å². The van der Waals surface area contributed by atoms with E-state index < -0.39 is 0 Å². The molecule has 2 nitrogen and oxygen atoms in total. The highest BCUT2D eigenvalue weighted by atomic mass is 16.5. The molecule has 1 N–H and O–H groups in total. The van der Waals surface area contributed by atoms with Crippen LogP contribution in [-0.4, -0.2) is 24.9 Å². The third kappa shape index (κ3) is 3.83. The summed E-state index contributed by atoms with van der Waals surface area (Å²) in [5, 5.41) is 9.75. The van der Waals surface area contributed by atoms with Crippen molar-refractivity contribution >= 4 is 0 Å². The number of rotatable bonds is 8. The molecule has 96 valence electrons. The van der Waals surface area contributed by atoms with Crippen LogP contribution in [0.1, 0.15) is 38.7 Å². The summed E-state index contributed by atoms with van der Waals surface area (Å²) in [6, 6.07) is 10.3. The lowest BCUT2D eigenvalue weighted by Gasteiger charge is -2.31. The van der Waals surface area contributed by atoms with Crippen LogP contribution in [0, 0.1) is 0 Å². The molecule has 1 unspecified atom stereocenters. The molecule has 0 heterocycles. The molecule has 1 rings (SSSR count). The Bertz CT molecular complexity index is 291. The van der Waals surface area contributed by atoms with Gasteiger partial charge in [0.2, 0.25) is 0 Å². The van der Waals surface area contributed by atoms with Gasteiger partial charge in [-0.2, -0.15) is 0 Å².